The minimum atomic E-state index is -0.0785. The van der Waals surface area contributed by atoms with Crippen LogP contribution in [-0.4, -0.2) is 17.9 Å². The molecule has 106 valence electrons. The van der Waals surface area contributed by atoms with Gasteiger partial charge in [0.15, 0.2) is 0 Å². The molecular weight excluding hydrogens is 270 g/mol. The largest absolute Gasteiger partial charge is 0.377 e. The average Bonchev–Trinajstić information content (AvgIpc) is 2.87. The predicted octanol–water partition coefficient (Wildman–Crippen LogP) is 3.29. The second-order valence-electron chi connectivity index (χ2n) is 4.77. The molecule has 1 heterocycles. The topological polar surface area (TPSA) is 54.0 Å². The van der Waals surface area contributed by atoms with Crippen LogP contribution < -0.4 is 10.6 Å². The first kappa shape index (κ1) is 14.5. The number of benzene rings is 1. The SMILES string of the molecule is CNC(=O)c1ccc(C)c(NC(C)c2csc(C)n2)c1. The molecule has 0 saturated carbocycles. The van der Waals surface area contributed by atoms with Crippen LogP contribution in [-0.2, 0) is 0 Å². The fraction of sp³-hybridized carbons (Fsp3) is 0.333. The van der Waals surface area contributed by atoms with Crippen LogP contribution in [0.2, 0.25) is 0 Å². The molecule has 1 unspecified atom stereocenters. The Morgan fingerprint density at radius 2 is 2.10 bits per heavy atom. The predicted molar refractivity (Wildman–Crippen MR) is 83.5 cm³/mol. The molecule has 0 aliphatic carbocycles. The van der Waals surface area contributed by atoms with Crippen molar-refractivity contribution in [3.8, 4) is 0 Å². The van der Waals surface area contributed by atoms with Crippen LogP contribution in [0.5, 0.6) is 0 Å². The summed E-state index contributed by atoms with van der Waals surface area (Å²) in [5.74, 6) is -0.0785. The lowest BCUT2D eigenvalue weighted by molar-refractivity contribution is 0.0963. The van der Waals surface area contributed by atoms with E-state index in [1.165, 1.54) is 0 Å². The summed E-state index contributed by atoms with van der Waals surface area (Å²) in [6, 6.07) is 5.77. The van der Waals surface area contributed by atoms with Crippen molar-refractivity contribution in [1.29, 1.82) is 0 Å². The van der Waals surface area contributed by atoms with E-state index in [0.29, 0.717) is 5.56 Å². The Kier molecular flexibility index (Phi) is 4.39. The lowest BCUT2D eigenvalue weighted by atomic mass is 10.1. The number of amides is 1. The molecule has 1 amide bonds. The zero-order valence-corrected chi connectivity index (χ0v) is 13.0. The standard InChI is InChI=1S/C15H19N3OS/c1-9-5-6-12(15(19)16-4)7-13(9)17-10(2)14-8-20-11(3)18-14/h5-8,10,17H,1-4H3,(H,16,19). The van der Waals surface area contributed by atoms with Crippen LogP contribution in [0.1, 0.15) is 39.6 Å². The van der Waals surface area contributed by atoms with Gasteiger partial charge in [0, 0.05) is 23.7 Å². The number of rotatable bonds is 4. The normalized spacial score (nSPS) is 12.0. The number of hydrogen-bond acceptors (Lipinski definition) is 4. The molecule has 2 rings (SSSR count). The Morgan fingerprint density at radius 3 is 2.70 bits per heavy atom. The molecule has 0 aliphatic rings. The third-order valence-electron chi connectivity index (χ3n) is 3.18. The number of aryl methyl sites for hydroxylation is 2. The summed E-state index contributed by atoms with van der Waals surface area (Å²) in [7, 11) is 1.63. The van der Waals surface area contributed by atoms with Gasteiger partial charge in [-0.15, -0.1) is 11.3 Å². The van der Waals surface area contributed by atoms with Gasteiger partial charge in [-0.2, -0.15) is 0 Å². The summed E-state index contributed by atoms with van der Waals surface area (Å²) in [5, 5.41) is 9.18. The highest BCUT2D eigenvalue weighted by Gasteiger charge is 2.12. The monoisotopic (exact) mass is 289 g/mol. The maximum atomic E-state index is 11.7. The number of anilines is 1. The van der Waals surface area contributed by atoms with Gasteiger partial charge < -0.3 is 10.6 Å². The van der Waals surface area contributed by atoms with Crippen molar-refractivity contribution in [2.45, 2.75) is 26.8 Å². The first-order valence-corrected chi connectivity index (χ1v) is 7.40. The zero-order chi connectivity index (χ0) is 14.7. The minimum absolute atomic E-state index is 0.0785. The summed E-state index contributed by atoms with van der Waals surface area (Å²) < 4.78 is 0. The molecule has 0 radical (unpaired) electrons. The van der Waals surface area contributed by atoms with Gasteiger partial charge in [0.2, 0.25) is 0 Å². The van der Waals surface area contributed by atoms with E-state index in [-0.39, 0.29) is 11.9 Å². The van der Waals surface area contributed by atoms with Gasteiger partial charge in [0.25, 0.3) is 5.91 Å². The third kappa shape index (κ3) is 3.17. The van der Waals surface area contributed by atoms with E-state index < -0.39 is 0 Å². The van der Waals surface area contributed by atoms with Crippen LogP contribution in [0.3, 0.4) is 0 Å². The van der Waals surface area contributed by atoms with Crippen LogP contribution in [0.25, 0.3) is 0 Å². The summed E-state index contributed by atoms with van der Waals surface area (Å²) in [6.45, 7) is 6.09. The van der Waals surface area contributed by atoms with E-state index in [1.54, 1.807) is 18.4 Å². The Bertz CT molecular complexity index is 621. The summed E-state index contributed by atoms with van der Waals surface area (Å²) in [5.41, 5.74) is 3.75. The van der Waals surface area contributed by atoms with Crippen molar-refractivity contribution in [2.24, 2.45) is 0 Å². The van der Waals surface area contributed by atoms with Gasteiger partial charge in [0.05, 0.1) is 16.7 Å². The van der Waals surface area contributed by atoms with Gasteiger partial charge >= 0.3 is 0 Å². The molecule has 1 aromatic heterocycles. The van der Waals surface area contributed by atoms with E-state index in [2.05, 4.69) is 27.9 Å². The fourth-order valence-electron chi connectivity index (χ4n) is 1.95. The first-order valence-electron chi connectivity index (χ1n) is 6.52. The maximum Gasteiger partial charge on any atom is 0.251 e. The molecule has 5 heteroatoms. The number of nitrogens with zero attached hydrogens (tertiary/aromatic N) is 1. The highest BCUT2D eigenvalue weighted by molar-refractivity contribution is 7.09. The van der Waals surface area contributed by atoms with Gasteiger partial charge in [-0.3, -0.25) is 4.79 Å². The van der Waals surface area contributed by atoms with E-state index in [1.807, 2.05) is 32.0 Å². The number of aromatic nitrogens is 1. The molecule has 1 atom stereocenters. The maximum absolute atomic E-state index is 11.7. The molecule has 2 N–H and O–H groups in total. The van der Waals surface area contributed by atoms with Crippen molar-refractivity contribution in [3.63, 3.8) is 0 Å². The lowest BCUT2D eigenvalue weighted by Gasteiger charge is -2.16. The van der Waals surface area contributed by atoms with Crippen LogP contribution in [0.4, 0.5) is 5.69 Å². The molecule has 20 heavy (non-hydrogen) atoms. The Morgan fingerprint density at radius 1 is 1.35 bits per heavy atom. The smallest absolute Gasteiger partial charge is 0.251 e. The molecule has 0 fully saturated rings. The Balaban J connectivity index is 2.22. The lowest BCUT2D eigenvalue weighted by Crippen LogP contribution is -2.18. The zero-order valence-electron chi connectivity index (χ0n) is 12.2. The number of carbonyl (C=O) groups is 1. The molecule has 0 aliphatic heterocycles. The molecule has 2 aromatic rings. The fourth-order valence-corrected chi connectivity index (χ4v) is 2.66. The average molecular weight is 289 g/mol. The highest BCUT2D eigenvalue weighted by atomic mass is 32.1. The molecule has 1 aromatic carbocycles. The van der Waals surface area contributed by atoms with E-state index >= 15 is 0 Å². The molecular formula is C15H19N3OS. The molecule has 0 bridgehead atoms. The van der Waals surface area contributed by atoms with Crippen molar-refractivity contribution >= 4 is 22.9 Å². The number of hydrogen-bond donors (Lipinski definition) is 2. The quantitative estimate of drug-likeness (QED) is 0.908. The van der Waals surface area contributed by atoms with E-state index in [4.69, 9.17) is 0 Å². The molecule has 4 nitrogen and oxygen atoms in total. The van der Waals surface area contributed by atoms with Crippen molar-refractivity contribution < 1.29 is 4.79 Å². The first-order chi connectivity index (χ1) is 9.51. The van der Waals surface area contributed by atoms with Gasteiger partial charge in [-0.25, -0.2) is 4.98 Å². The van der Waals surface area contributed by atoms with Gasteiger partial charge in [-0.05, 0) is 38.5 Å². The van der Waals surface area contributed by atoms with Crippen molar-refractivity contribution in [3.05, 3.63) is 45.4 Å². The highest BCUT2D eigenvalue weighted by Crippen LogP contribution is 2.24. The molecule has 0 saturated heterocycles. The van der Waals surface area contributed by atoms with E-state index in [0.717, 1.165) is 22.0 Å². The Hall–Kier alpha value is -1.88. The second-order valence-corrected chi connectivity index (χ2v) is 5.83. The number of carbonyl (C=O) groups excluding carboxylic acids is 1. The second kappa shape index (κ2) is 6.05. The summed E-state index contributed by atoms with van der Waals surface area (Å²) in [6.07, 6.45) is 0. The van der Waals surface area contributed by atoms with Crippen molar-refractivity contribution in [2.75, 3.05) is 12.4 Å². The van der Waals surface area contributed by atoms with Crippen LogP contribution >= 0.6 is 11.3 Å². The van der Waals surface area contributed by atoms with Crippen LogP contribution in [0, 0.1) is 13.8 Å². The third-order valence-corrected chi connectivity index (χ3v) is 3.97. The van der Waals surface area contributed by atoms with Crippen molar-refractivity contribution in [1.82, 2.24) is 10.3 Å². The van der Waals surface area contributed by atoms with Gasteiger partial charge in [-0.1, -0.05) is 6.07 Å². The summed E-state index contributed by atoms with van der Waals surface area (Å²) >= 11 is 1.64. The Labute approximate surface area is 123 Å². The number of thiazole rings is 1. The number of nitrogens with one attached hydrogen (secondary N) is 2. The van der Waals surface area contributed by atoms with Crippen LogP contribution in [0.15, 0.2) is 23.6 Å². The molecule has 0 spiro atoms. The minimum Gasteiger partial charge on any atom is -0.377 e. The van der Waals surface area contributed by atoms with Gasteiger partial charge in [0.1, 0.15) is 0 Å². The van der Waals surface area contributed by atoms with E-state index in [9.17, 15) is 4.79 Å². The summed E-state index contributed by atoms with van der Waals surface area (Å²) in [4.78, 5) is 16.2.